The average molecular weight is 427 g/mol. The van der Waals surface area contributed by atoms with Gasteiger partial charge in [0.1, 0.15) is 0 Å². The number of rotatable bonds is 5. The van der Waals surface area contributed by atoms with E-state index in [9.17, 15) is 0 Å². The fourth-order valence-electron chi connectivity index (χ4n) is 4.24. The van der Waals surface area contributed by atoms with Crippen LogP contribution in [0.25, 0.3) is 33.5 Å². The second-order valence-electron chi connectivity index (χ2n) is 8.80. The summed E-state index contributed by atoms with van der Waals surface area (Å²) in [6, 6.07) is 38.3. The van der Waals surface area contributed by atoms with Gasteiger partial charge in [-0.15, -0.1) is 0 Å². The lowest BCUT2D eigenvalue weighted by Gasteiger charge is -2.25. The Bertz CT molecular complexity index is 1370. The quantitative estimate of drug-likeness (QED) is 0.286. The molecule has 5 rings (SSSR count). The molecule has 0 aliphatic rings. The summed E-state index contributed by atoms with van der Waals surface area (Å²) < 4.78 is 0. The first-order valence-corrected chi connectivity index (χ1v) is 11.3. The molecule has 2 heterocycles. The van der Waals surface area contributed by atoms with Gasteiger partial charge in [-0.25, -0.2) is 0 Å². The summed E-state index contributed by atoms with van der Waals surface area (Å²) in [4.78, 5) is 9.11. The third-order valence-electron chi connectivity index (χ3n) is 6.24. The van der Waals surface area contributed by atoms with Gasteiger partial charge >= 0.3 is 0 Å². The molecule has 0 unspecified atom stereocenters. The fourth-order valence-corrected chi connectivity index (χ4v) is 4.24. The normalized spacial score (nSPS) is 11.3. The first-order valence-electron chi connectivity index (χ1n) is 11.3. The molecular weight excluding hydrogens is 400 g/mol. The van der Waals surface area contributed by atoms with Crippen LogP contribution >= 0.6 is 0 Å². The van der Waals surface area contributed by atoms with Crippen LogP contribution in [-0.4, -0.2) is 9.97 Å². The van der Waals surface area contributed by atoms with E-state index in [1.54, 1.807) is 0 Å². The lowest BCUT2D eigenvalue weighted by atomic mass is 9.80. The molecule has 0 saturated heterocycles. The lowest BCUT2D eigenvalue weighted by Crippen LogP contribution is -2.20. The molecule has 5 aromatic rings. The van der Waals surface area contributed by atoms with Gasteiger partial charge in [0.05, 0.1) is 11.4 Å². The largest absolute Gasteiger partial charge is 0.260 e. The summed E-state index contributed by atoms with van der Waals surface area (Å²) in [5.41, 5.74) is 9.05. The van der Waals surface area contributed by atoms with E-state index in [4.69, 9.17) is 0 Å². The van der Waals surface area contributed by atoms with Gasteiger partial charge in [-0.1, -0.05) is 86.6 Å². The summed E-state index contributed by atoms with van der Waals surface area (Å²) in [5.74, 6) is 0. The molecule has 3 aromatic carbocycles. The molecular formula is C31H26N2. The Kier molecular flexibility index (Phi) is 5.58. The van der Waals surface area contributed by atoms with Crippen molar-refractivity contribution in [1.29, 1.82) is 0 Å². The number of nitrogens with zero attached hydrogens (tertiary/aromatic N) is 2. The molecule has 2 heteroatoms. The molecule has 0 spiro atoms. The maximum atomic E-state index is 4.61. The van der Waals surface area contributed by atoms with Crippen molar-refractivity contribution in [3.8, 4) is 33.5 Å². The van der Waals surface area contributed by atoms with Gasteiger partial charge in [0.2, 0.25) is 0 Å². The van der Waals surface area contributed by atoms with Crippen molar-refractivity contribution in [2.45, 2.75) is 19.3 Å². The smallest absolute Gasteiger partial charge is 0.0702 e. The molecule has 2 aromatic heterocycles. The predicted octanol–water partition coefficient (Wildman–Crippen LogP) is 7.80. The van der Waals surface area contributed by atoms with Crippen LogP contribution in [-0.2, 0) is 5.41 Å². The van der Waals surface area contributed by atoms with E-state index in [0.29, 0.717) is 0 Å². The summed E-state index contributed by atoms with van der Waals surface area (Å²) in [7, 11) is 0. The van der Waals surface area contributed by atoms with Gasteiger partial charge < -0.3 is 0 Å². The molecule has 0 amide bonds. The zero-order valence-corrected chi connectivity index (χ0v) is 18.9. The van der Waals surface area contributed by atoms with Crippen molar-refractivity contribution < 1.29 is 0 Å². The summed E-state index contributed by atoms with van der Waals surface area (Å²) >= 11 is 0. The zero-order valence-electron chi connectivity index (χ0n) is 18.9. The second kappa shape index (κ2) is 8.84. The van der Waals surface area contributed by atoms with Crippen LogP contribution in [0.3, 0.4) is 0 Å². The highest BCUT2D eigenvalue weighted by Crippen LogP contribution is 2.34. The molecule has 160 valence electrons. The molecule has 0 radical (unpaired) electrons. The van der Waals surface area contributed by atoms with E-state index >= 15 is 0 Å². The van der Waals surface area contributed by atoms with Gasteiger partial charge in [0, 0.05) is 23.4 Å². The minimum Gasteiger partial charge on any atom is -0.260 e. The van der Waals surface area contributed by atoms with E-state index < -0.39 is 0 Å². The van der Waals surface area contributed by atoms with E-state index in [0.717, 1.165) is 17.0 Å². The number of hydrogen-bond acceptors (Lipinski definition) is 2. The Hall–Kier alpha value is -4.04. The molecule has 2 nitrogen and oxygen atoms in total. The highest BCUT2D eigenvalue weighted by molar-refractivity contribution is 5.76. The van der Waals surface area contributed by atoms with E-state index in [2.05, 4.69) is 109 Å². The van der Waals surface area contributed by atoms with E-state index in [1.165, 1.54) is 27.8 Å². The van der Waals surface area contributed by atoms with Crippen LogP contribution in [0.5, 0.6) is 0 Å². The van der Waals surface area contributed by atoms with Crippen LogP contribution in [0, 0.1) is 0 Å². The standard InChI is InChI=1S/C31H26N2/c1-31(2,30-17-4-6-19-33-30)28-15-9-13-26(22-28)24-11-7-10-23(20-24)25-12-8-14-27(21-25)29-16-3-5-18-32-29/h3-22H,1-2H3. The molecule has 0 bridgehead atoms. The second-order valence-corrected chi connectivity index (χ2v) is 8.80. The van der Waals surface area contributed by atoms with Crippen molar-refractivity contribution in [3.63, 3.8) is 0 Å². The van der Waals surface area contributed by atoms with Crippen LogP contribution in [0.15, 0.2) is 122 Å². The van der Waals surface area contributed by atoms with Crippen molar-refractivity contribution in [2.24, 2.45) is 0 Å². The predicted molar refractivity (Wildman–Crippen MR) is 137 cm³/mol. The molecule has 0 saturated carbocycles. The van der Waals surface area contributed by atoms with E-state index in [1.807, 2.05) is 36.7 Å². The Balaban J connectivity index is 1.50. The van der Waals surface area contributed by atoms with Crippen LogP contribution < -0.4 is 0 Å². The Morgan fingerprint density at radius 2 is 1.03 bits per heavy atom. The Morgan fingerprint density at radius 1 is 0.485 bits per heavy atom. The molecule has 0 atom stereocenters. The summed E-state index contributed by atoms with van der Waals surface area (Å²) in [6.07, 6.45) is 3.70. The lowest BCUT2D eigenvalue weighted by molar-refractivity contribution is 0.617. The molecule has 0 fully saturated rings. The highest BCUT2D eigenvalue weighted by Gasteiger charge is 2.24. The monoisotopic (exact) mass is 426 g/mol. The number of benzene rings is 3. The number of pyridine rings is 2. The van der Waals surface area contributed by atoms with Gasteiger partial charge in [0.15, 0.2) is 0 Å². The third kappa shape index (κ3) is 4.33. The van der Waals surface area contributed by atoms with Crippen LogP contribution in [0.1, 0.15) is 25.1 Å². The van der Waals surface area contributed by atoms with E-state index in [-0.39, 0.29) is 5.41 Å². The van der Waals surface area contributed by atoms with Gasteiger partial charge in [-0.3, -0.25) is 9.97 Å². The third-order valence-corrected chi connectivity index (χ3v) is 6.24. The maximum absolute atomic E-state index is 4.61. The highest BCUT2D eigenvalue weighted by atomic mass is 14.7. The molecule has 0 aliphatic heterocycles. The minimum atomic E-state index is -0.175. The first kappa shape index (κ1) is 20.8. The Labute approximate surface area is 195 Å². The van der Waals surface area contributed by atoms with Crippen molar-refractivity contribution in [2.75, 3.05) is 0 Å². The summed E-state index contributed by atoms with van der Waals surface area (Å²) in [5, 5.41) is 0. The molecule has 33 heavy (non-hydrogen) atoms. The minimum absolute atomic E-state index is 0.175. The van der Waals surface area contributed by atoms with Crippen LogP contribution in [0.2, 0.25) is 0 Å². The topological polar surface area (TPSA) is 25.8 Å². The van der Waals surface area contributed by atoms with Crippen molar-refractivity contribution in [3.05, 3.63) is 133 Å². The summed E-state index contributed by atoms with van der Waals surface area (Å²) in [6.45, 7) is 4.46. The van der Waals surface area contributed by atoms with Gasteiger partial charge in [0.25, 0.3) is 0 Å². The zero-order chi connectivity index (χ0) is 22.7. The fraction of sp³-hybridized carbons (Fsp3) is 0.0968. The van der Waals surface area contributed by atoms with Crippen molar-refractivity contribution >= 4 is 0 Å². The average Bonchev–Trinajstić information content (AvgIpc) is 2.90. The Morgan fingerprint density at radius 3 is 1.64 bits per heavy atom. The van der Waals surface area contributed by atoms with Crippen molar-refractivity contribution in [1.82, 2.24) is 9.97 Å². The van der Waals surface area contributed by atoms with Gasteiger partial charge in [-0.2, -0.15) is 0 Å². The van der Waals surface area contributed by atoms with Gasteiger partial charge in [-0.05, 0) is 64.2 Å². The SMILES string of the molecule is CC(C)(c1cccc(-c2cccc(-c3cccc(-c4ccccn4)c3)c2)c1)c1ccccn1. The molecule has 0 aliphatic carbocycles. The maximum Gasteiger partial charge on any atom is 0.0702 e. The van der Waals surface area contributed by atoms with Crippen LogP contribution in [0.4, 0.5) is 0 Å². The number of hydrogen-bond donors (Lipinski definition) is 0. The molecule has 0 N–H and O–H groups in total. The first-order chi connectivity index (χ1) is 16.1. The number of aromatic nitrogens is 2.